The minimum atomic E-state index is -3.19. The van der Waals surface area contributed by atoms with Crippen molar-refractivity contribution in [1.29, 1.82) is 0 Å². The van der Waals surface area contributed by atoms with Crippen molar-refractivity contribution in [1.82, 2.24) is 5.32 Å². The van der Waals surface area contributed by atoms with Gasteiger partial charge >= 0.3 is 0 Å². The Kier molecular flexibility index (Phi) is 6.33. The summed E-state index contributed by atoms with van der Waals surface area (Å²) in [5.74, 6) is -0.0744. The van der Waals surface area contributed by atoms with E-state index >= 15 is 0 Å². The number of amides is 1. The SMILES string of the molecule is CC(NC(=O)/C=C/c1ccc(N2CCCS2(=O)=O)cc1)c1ccc(Cl)cc1Cl. The molecule has 1 N–H and O–H groups in total. The highest BCUT2D eigenvalue weighted by molar-refractivity contribution is 7.93. The number of carbonyl (C=O) groups is 1. The van der Waals surface area contributed by atoms with Gasteiger partial charge in [-0.05, 0) is 54.8 Å². The van der Waals surface area contributed by atoms with Gasteiger partial charge in [0.15, 0.2) is 0 Å². The molecule has 2 aromatic rings. The third-order valence-electron chi connectivity index (χ3n) is 4.50. The molecule has 1 atom stereocenters. The van der Waals surface area contributed by atoms with E-state index in [-0.39, 0.29) is 17.7 Å². The molecule has 0 aliphatic carbocycles. The summed E-state index contributed by atoms with van der Waals surface area (Å²) >= 11 is 12.1. The lowest BCUT2D eigenvalue weighted by Gasteiger charge is -2.16. The van der Waals surface area contributed by atoms with Crippen LogP contribution >= 0.6 is 23.2 Å². The number of sulfonamides is 1. The smallest absolute Gasteiger partial charge is 0.244 e. The van der Waals surface area contributed by atoms with Crippen molar-refractivity contribution < 1.29 is 13.2 Å². The summed E-state index contributed by atoms with van der Waals surface area (Å²) in [7, 11) is -3.19. The number of nitrogens with one attached hydrogen (secondary N) is 1. The molecule has 1 unspecified atom stereocenters. The Morgan fingerprint density at radius 2 is 1.89 bits per heavy atom. The predicted octanol–water partition coefficient (Wildman–Crippen LogP) is 4.42. The largest absolute Gasteiger partial charge is 0.346 e. The highest BCUT2D eigenvalue weighted by atomic mass is 35.5. The predicted molar refractivity (Wildman–Crippen MR) is 114 cm³/mol. The molecular weight excluding hydrogens is 419 g/mol. The Balaban J connectivity index is 1.62. The Labute approximate surface area is 175 Å². The van der Waals surface area contributed by atoms with Gasteiger partial charge in [0, 0.05) is 22.7 Å². The second-order valence-corrected chi connectivity index (χ2v) is 9.42. The summed E-state index contributed by atoms with van der Waals surface area (Å²) in [5.41, 5.74) is 2.22. The Morgan fingerprint density at radius 1 is 1.18 bits per heavy atom. The van der Waals surface area contributed by atoms with Crippen LogP contribution in [0.3, 0.4) is 0 Å². The number of nitrogens with zero attached hydrogens (tertiary/aromatic N) is 1. The van der Waals surface area contributed by atoms with E-state index in [1.165, 1.54) is 10.4 Å². The Bertz CT molecular complexity index is 1000. The lowest BCUT2D eigenvalue weighted by Crippen LogP contribution is -2.25. The monoisotopic (exact) mass is 438 g/mol. The van der Waals surface area contributed by atoms with E-state index in [2.05, 4.69) is 5.32 Å². The molecule has 8 heteroatoms. The van der Waals surface area contributed by atoms with E-state index in [0.717, 1.165) is 11.1 Å². The third kappa shape index (κ3) is 4.87. The number of hydrogen-bond acceptors (Lipinski definition) is 3. The van der Waals surface area contributed by atoms with Crippen LogP contribution in [-0.4, -0.2) is 26.6 Å². The van der Waals surface area contributed by atoms with Gasteiger partial charge in [0.05, 0.1) is 17.5 Å². The number of hydrogen-bond donors (Lipinski definition) is 1. The fraction of sp³-hybridized carbons (Fsp3) is 0.250. The summed E-state index contributed by atoms with van der Waals surface area (Å²) in [6.07, 6.45) is 3.75. The maximum absolute atomic E-state index is 12.2. The van der Waals surface area contributed by atoms with Gasteiger partial charge in [-0.15, -0.1) is 0 Å². The van der Waals surface area contributed by atoms with Crippen LogP contribution in [0.15, 0.2) is 48.5 Å². The highest BCUT2D eigenvalue weighted by Crippen LogP contribution is 2.26. The standard InChI is InChI=1S/C20H20Cl2N2O3S/c1-14(18-9-6-16(21)13-19(18)22)23-20(25)10-5-15-3-7-17(8-4-15)24-11-2-12-28(24,26)27/h3-10,13-14H,2,11-12H2,1H3,(H,23,25)/b10-5+. The van der Waals surface area contributed by atoms with Gasteiger partial charge in [0.2, 0.25) is 15.9 Å². The van der Waals surface area contributed by atoms with E-state index in [9.17, 15) is 13.2 Å². The molecule has 28 heavy (non-hydrogen) atoms. The molecular formula is C20H20Cl2N2O3S. The first-order valence-electron chi connectivity index (χ1n) is 8.80. The summed E-state index contributed by atoms with van der Waals surface area (Å²) in [5, 5.41) is 3.89. The van der Waals surface area contributed by atoms with E-state index in [1.54, 1.807) is 48.5 Å². The molecule has 1 aliphatic rings. The molecule has 148 valence electrons. The van der Waals surface area contributed by atoms with Crippen molar-refractivity contribution in [2.24, 2.45) is 0 Å². The maximum atomic E-state index is 12.2. The van der Waals surface area contributed by atoms with Gasteiger partial charge in [-0.1, -0.05) is 41.4 Å². The molecule has 1 aliphatic heterocycles. The zero-order valence-corrected chi connectivity index (χ0v) is 17.6. The van der Waals surface area contributed by atoms with Gasteiger partial charge in [-0.2, -0.15) is 0 Å². The van der Waals surface area contributed by atoms with Crippen molar-refractivity contribution >= 4 is 50.9 Å². The van der Waals surface area contributed by atoms with Crippen molar-refractivity contribution in [2.45, 2.75) is 19.4 Å². The van der Waals surface area contributed by atoms with Crippen molar-refractivity contribution in [3.05, 3.63) is 69.7 Å². The number of carbonyl (C=O) groups excluding carboxylic acids is 1. The van der Waals surface area contributed by atoms with Crippen LogP contribution < -0.4 is 9.62 Å². The van der Waals surface area contributed by atoms with E-state index in [0.29, 0.717) is 28.7 Å². The van der Waals surface area contributed by atoms with Crippen LogP contribution in [0.25, 0.3) is 6.08 Å². The minimum absolute atomic E-state index is 0.185. The molecule has 0 spiro atoms. The van der Waals surface area contributed by atoms with Gasteiger partial charge in [0.25, 0.3) is 0 Å². The zero-order chi connectivity index (χ0) is 20.3. The Hall–Kier alpha value is -2.02. The fourth-order valence-corrected chi connectivity index (χ4v) is 5.18. The second-order valence-electron chi connectivity index (χ2n) is 6.56. The first-order valence-corrected chi connectivity index (χ1v) is 11.2. The molecule has 0 saturated carbocycles. The summed E-state index contributed by atoms with van der Waals surface area (Å²) in [6, 6.07) is 11.9. The molecule has 1 heterocycles. The van der Waals surface area contributed by atoms with Crippen LogP contribution in [0.4, 0.5) is 5.69 Å². The first kappa shape index (κ1) is 20.7. The van der Waals surface area contributed by atoms with Crippen molar-refractivity contribution in [3.8, 4) is 0 Å². The molecule has 2 aromatic carbocycles. The molecule has 1 saturated heterocycles. The second kappa shape index (κ2) is 8.55. The third-order valence-corrected chi connectivity index (χ3v) is 6.93. The van der Waals surface area contributed by atoms with E-state index < -0.39 is 10.0 Å². The number of anilines is 1. The highest BCUT2D eigenvalue weighted by Gasteiger charge is 2.28. The quantitative estimate of drug-likeness (QED) is 0.702. The van der Waals surface area contributed by atoms with Crippen LogP contribution in [0.5, 0.6) is 0 Å². The average molecular weight is 439 g/mol. The van der Waals surface area contributed by atoms with E-state index in [1.807, 2.05) is 6.92 Å². The summed E-state index contributed by atoms with van der Waals surface area (Å²) in [4.78, 5) is 12.2. The lowest BCUT2D eigenvalue weighted by molar-refractivity contribution is -0.117. The molecule has 0 aromatic heterocycles. The van der Waals surface area contributed by atoms with Gasteiger partial charge in [-0.3, -0.25) is 9.10 Å². The van der Waals surface area contributed by atoms with E-state index in [4.69, 9.17) is 23.2 Å². The van der Waals surface area contributed by atoms with Crippen LogP contribution in [0.2, 0.25) is 10.0 Å². The van der Waals surface area contributed by atoms with Crippen molar-refractivity contribution in [3.63, 3.8) is 0 Å². The summed E-state index contributed by atoms with van der Waals surface area (Å²) < 4.78 is 25.4. The summed E-state index contributed by atoms with van der Waals surface area (Å²) in [6.45, 7) is 2.34. The number of halogens is 2. The Morgan fingerprint density at radius 3 is 2.50 bits per heavy atom. The minimum Gasteiger partial charge on any atom is -0.346 e. The zero-order valence-electron chi connectivity index (χ0n) is 15.2. The van der Waals surface area contributed by atoms with Crippen LogP contribution in [0, 0.1) is 0 Å². The lowest BCUT2D eigenvalue weighted by atomic mass is 10.1. The number of rotatable bonds is 5. The molecule has 5 nitrogen and oxygen atoms in total. The molecule has 1 amide bonds. The normalized spacial score (nSPS) is 17.0. The van der Waals surface area contributed by atoms with Gasteiger partial charge < -0.3 is 5.32 Å². The van der Waals surface area contributed by atoms with Gasteiger partial charge in [-0.25, -0.2) is 8.42 Å². The fourth-order valence-electron chi connectivity index (χ4n) is 3.05. The topological polar surface area (TPSA) is 66.5 Å². The van der Waals surface area contributed by atoms with Crippen LogP contribution in [-0.2, 0) is 14.8 Å². The van der Waals surface area contributed by atoms with Crippen molar-refractivity contribution in [2.75, 3.05) is 16.6 Å². The average Bonchev–Trinajstić information content (AvgIpc) is 2.99. The molecule has 0 radical (unpaired) electrons. The first-order chi connectivity index (χ1) is 13.3. The molecule has 1 fully saturated rings. The van der Waals surface area contributed by atoms with Gasteiger partial charge in [0.1, 0.15) is 0 Å². The number of benzene rings is 2. The maximum Gasteiger partial charge on any atom is 0.244 e. The molecule has 3 rings (SSSR count). The molecule has 0 bridgehead atoms. The van der Waals surface area contributed by atoms with Crippen LogP contribution in [0.1, 0.15) is 30.5 Å².